The molecular formula is C17H13F3N2O3. The van der Waals surface area contributed by atoms with Crippen molar-refractivity contribution in [1.29, 1.82) is 0 Å². The molecular weight excluding hydrogens is 337 g/mol. The van der Waals surface area contributed by atoms with E-state index < -0.39 is 23.0 Å². The van der Waals surface area contributed by atoms with Gasteiger partial charge >= 0.3 is 0 Å². The summed E-state index contributed by atoms with van der Waals surface area (Å²) in [7, 11) is 2.88. The molecule has 5 nitrogen and oxygen atoms in total. The molecule has 0 aliphatic heterocycles. The molecule has 2 aromatic carbocycles. The Morgan fingerprint density at radius 2 is 1.72 bits per heavy atom. The third-order valence-corrected chi connectivity index (χ3v) is 3.79. The number of halogens is 3. The average molecular weight is 350 g/mol. The van der Waals surface area contributed by atoms with Crippen molar-refractivity contribution in [2.24, 2.45) is 0 Å². The molecule has 130 valence electrons. The molecule has 3 aromatic rings. The lowest BCUT2D eigenvalue weighted by Gasteiger charge is -2.11. The fourth-order valence-electron chi connectivity index (χ4n) is 2.47. The van der Waals surface area contributed by atoms with Gasteiger partial charge in [-0.15, -0.1) is 0 Å². The topological polar surface area (TPSA) is 53.4 Å². The fraction of sp³-hybridized carbons (Fsp3) is 0.176. The molecule has 8 heteroatoms. The number of hydrogen-bond donors (Lipinski definition) is 0. The second kappa shape index (κ2) is 6.46. The number of benzene rings is 2. The van der Waals surface area contributed by atoms with Crippen molar-refractivity contribution in [2.75, 3.05) is 14.2 Å². The summed E-state index contributed by atoms with van der Waals surface area (Å²) < 4.78 is 51.6. The smallest absolute Gasteiger partial charge is 0.261 e. The number of nitrogens with zero attached hydrogens (tertiary/aromatic N) is 2. The summed E-state index contributed by atoms with van der Waals surface area (Å²) in [5.41, 5.74) is -0.276. The van der Waals surface area contributed by atoms with Crippen molar-refractivity contribution in [2.45, 2.75) is 6.54 Å². The third kappa shape index (κ3) is 2.90. The van der Waals surface area contributed by atoms with Gasteiger partial charge in [0, 0.05) is 11.6 Å². The highest BCUT2D eigenvalue weighted by Crippen LogP contribution is 2.29. The molecule has 0 radical (unpaired) electrons. The van der Waals surface area contributed by atoms with Crippen molar-refractivity contribution in [1.82, 2.24) is 9.55 Å². The highest BCUT2D eigenvalue weighted by molar-refractivity contribution is 5.81. The Balaban J connectivity index is 2.11. The van der Waals surface area contributed by atoms with Crippen LogP contribution in [0.2, 0.25) is 0 Å². The van der Waals surface area contributed by atoms with Gasteiger partial charge in [-0.05, 0) is 12.1 Å². The van der Waals surface area contributed by atoms with E-state index in [0.717, 1.165) is 16.7 Å². The quantitative estimate of drug-likeness (QED) is 0.679. The van der Waals surface area contributed by atoms with E-state index in [2.05, 4.69) is 4.98 Å². The first-order valence-electron chi connectivity index (χ1n) is 7.19. The van der Waals surface area contributed by atoms with E-state index in [9.17, 15) is 18.0 Å². The molecule has 0 saturated heterocycles. The zero-order chi connectivity index (χ0) is 18.1. The van der Waals surface area contributed by atoms with Gasteiger partial charge in [0.25, 0.3) is 5.56 Å². The van der Waals surface area contributed by atoms with E-state index in [1.54, 1.807) is 0 Å². The van der Waals surface area contributed by atoms with Crippen molar-refractivity contribution >= 4 is 10.9 Å². The van der Waals surface area contributed by atoms with Crippen LogP contribution in [-0.4, -0.2) is 23.8 Å². The Morgan fingerprint density at radius 1 is 1.04 bits per heavy atom. The molecule has 0 N–H and O–H groups in total. The Labute approximate surface area is 140 Å². The maximum Gasteiger partial charge on any atom is 0.261 e. The van der Waals surface area contributed by atoms with E-state index in [1.807, 2.05) is 0 Å². The van der Waals surface area contributed by atoms with Crippen LogP contribution in [0.3, 0.4) is 0 Å². The molecule has 1 aromatic heterocycles. The molecule has 25 heavy (non-hydrogen) atoms. The molecule has 0 spiro atoms. The van der Waals surface area contributed by atoms with Crippen LogP contribution in [-0.2, 0) is 6.54 Å². The maximum absolute atomic E-state index is 13.8. The fourth-order valence-corrected chi connectivity index (χ4v) is 2.47. The van der Waals surface area contributed by atoms with Crippen LogP contribution in [0.15, 0.2) is 35.4 Å². The Hall–Kier alpha value is -3.03. The van der Waals surface area contributed by atoms with Gasteiger partial charge in [0.2, 0.25) is 0 Å². The minimum absolute atomic E-state index is 0.164. The number of hydrogen-bond acceptors (Lipinski definition) is 4. The second-order valence-electron chi connectivity index (χ2n) is 5.24. The monoisotopic (exact) mass is 350 g/mol. The van der Waals surface area contributed by atoms with Gasteiger partial charge in [0.1, 0.15) is 0 Å². The van der Waals surface area contributed by atoms with Gasteiger partial charge in [0.05, 0.1) is 38.0 Å². The lowest BCUT2D eigenvalue weighted by Crippen LogP contribution is -2.22. The van der Waals surface area contributed by atoms with Crippen LogP contribution in [0.25, 0.3) is 10.9 Å². The van der Waals surface area contributed by atoms with E-state index in [4.69, 9.17) is 9.47 Å². The molecule has 0 aliphatic rings. The van der Waals surface area contributed by atoms with Crippen LogP contribution in [0.4, 0.5) is 13.2 Å². The van der Waals surface area contributed by atoms with Crippen molar-refractivity contribution in [3.63, 3.8) is 0 Å². The summed E-state index contributed by atoms with van der Waals surface area (Å²) in [6, 6.07) is 4.89. The van der Waals surface area contributed by atoms with Crippen LogP contribution < -0.4 is 15.0 Å². The molecule has 0 bridgehead atoms. The first kappa shape index (κ1) is 16.8. The Bertz CT molecular complexity index is 1020. The number of rotatable bonds is 4. The van der Waals surface area contributed by atoms with Crippen LogP contribution >= 0.6 is 0 Å². The van der Waals surface area contributed by atoms with Crippen LogP contribution in [0, 0.1) is 17.5 Å². The Kier molecular flexibility index (Phi) is 4.35. The van der Waals surface area contributed by atoms with E-state index >= 15 is 0 Å². The lowest BCUT2D eigenvalue weighted by molar-refractivity contribution is 0.355. The summed E-state index contributed by atoms with van der Waals surface area (Å²) in [4.78, 5) is 16.7. The molecule has 0 fully saturated rings. The van der Waals surface area contributed by atoms with E-state index in [1.165, 1.54) is 32.7 Å². The molecule has 0 saturated carbocycles. The maximum atomic E-state index is 13.8. The largest absolute Gasteiger partial charge is 0.493 e. The zero-order valence-corrected chi connectivity index (χ0v) is 13.3. The number of methoxy groups -OCH3 is 2. The van der Waals surface area contributed by atoms with Crippen LogP contribution in [0.5, 0.6) is 11.5 Å². The number of ether oxygens (including phenoxy) is 2. The standard InChI is InChI=1S/C17H13F3N2O3/c1-24-13-5-10-12(6-14(13)25-2)21-8-22(17(10)23)7-9-3-4-11(18)16(20)15(9)19/h3-6,8H,7H2,1-2H3. The molecule has 1 heterocycles. The van der Waals surface area contributed by atoms with Crippen molar-refractivity contribution < 1.29 is 22.6 Å². The molecule has 0 atom stereocenters. The van der Waals surface area contributed by atoms with Gasteiger partial charge in [0.15, 0.2) is 29.0 Å². The average Bonchev–Trinajstić information content (AvgIpc) is 2.63. The molecule has 0 unspecified atom stereocenters. The predicted octanol–water partition coefficient (Wildman–Crippen LogP) is 2.88. The summed E-state index contributed by atoms with van der Waals surface area (Å²) >= 11 is 0. The van der Waals surface area contributed by atoms with Gasteiger partial charge in [-0.1, -0.05) is 6.07 Å². The normalized spacial score (nSPS) is 10.9. The molecule has 0 amide bonds. The highest BCUT2D eigenvalue weighted by Gasteiger charge is 2.16. The minimum atomic E-state index is -1.58. The molecule has 0 aliphatic carbocycles. The zero-order valence-electron chi connectivity index (χ0n) is 13.3. The van der Waals surface area contributed by atoms with Crippen molar-refractivity contribution in [3.8, 4) is 11.5 Å². The Morgan fingerprint density at radius 3 is 2.40 bits per heavy atom. The van der Waals surface area contributed by atoms with Crippen molar-refractivity contribution in [3.05, 3.63) is 64.0 Å². The lowest BCUT2D eigenvalue weighted by atomic mass is 10.2. The summed E-state index contributed by atoms with van der Waals surface area (Å²) in [5, 5.41) is 0.225. The van der Waals surface area contributed by atoms with E-state index in [0.29, 0.717) is 17.0 Å². The third-order valence-electron chi connectivity index (χ3n) is 3.79. The van der Waals surface area contributed by atoms with Gasteiger partial charge in [-0.3, -0.25) is 9.36 Å². The van der Waals surface area contributed by atoms with Gasteiger partial charge < -0.3 is 9.47 Å². The first-order valence-corrected chi connectivity index (χ1v) is 7.19. The minimum Gasteiger partial charge on any atom is -0.493 e. The highest BCUT2D eigenvalue weighted by atomic mass is 19.2. The van der Waals surface area contributed by atoms with Gasteiger partial charge in [-0.25, -0.2) is 18.2 Å². The second-order valence-corrected chi connectivity index (χ2v) is 5.24. The number of aromatic nitrogens is 2. The van der Waals surface area contributed by atoms with E-state index in [-0.39, 0.29) is 17.5 Å². The SMILES string of the molecule is COc1cc2ncn(Cc3ccc(F)c(F)c3F)c(=O)c2cc1OC. The number of fused-ring (bicyclic) bond motifs is 1. The molecule has 3 rings (SSSR count). The summed E-state index contributed by atoms with van der Waals surface area (Å²) in [6.45, 7) is -0.293. The van der Waals surface area contributed by atoms with Crippen LogP contribution in [0.1, 0.15) is 5.56 Å². The van der Waals surface area contributed by atoms with Gasteiger partial charge in [-0.2, -0.15) is 0 Å². The summed E-state index contributed by atoms with van der Waals surface area (Å²) in [5.74, 6) is -3.45. The summed E-state index contributed by atoms with van der Waals surface area (Å²) in [6.07, 6.45) is 1.21. The first-order chi connectivity index (χ1) is 12.0. The predicted molar refractivity (Wildman–Crippen MR) is 84.5 cm³/mol.